The molecule has 2 aliphatic heterocycles. The van der Waals surface area contributed by atoms with Crippen LogP contribution < -0.4 is 0 Å². The van der Waals surface area contributed by atoms with Gasteiger partial charge in [0.25, 0.3) is 0 Å². The smallest absolute Gasteiger partial charge is 0.303 e. The lowest BCUT2D eigenvalue weighted by Crippen LogP contribution is -2.32. The van der Waals surface area contributed by atoms with E-state index in [1.54, 1.807) is 6.92 Å². The van der Waals surface area contributed by atoms with E-state index in [0.717, 1.165) is 12.1 Å². The van der Waals surface area contributed by atoms with Crippen LogP contribution in [0.4, 0.5) is 0 Å². The maximum atomic E-state index is 9.86. The minimum absolute atomic E-state index is 0.115. The van der Waals surface area contributed by atoms with Gasteiger partial charge in [-0.05, 0) is 62.3 Å². The van der Waals surface area contributed by atoms with Crippen LogP contribution in [0.25, 0.3) is 0 Å². The van der Waals surface area contributed by atoms with Gasteiger partial charge < -0.3 is 9.79 Å². The second-order valence-corrected chi connectivity index (χ2v) is 8.74. The average molecular weight is 397 g/mol. The van der Waals surface area contributed by atoms with Gasteiger partial charge in [0.2, 0.25) is 0 Å². The molecule has 2 rings (SSSR count). The molecule has 0 radical (unpaired) electrons. The largest absolute Gasteiger partial charge is 0.469 e. The van der Waals surface area contributed by atoms with Gasteiger partial charge in [-0.15, -0.1) is 0 Å². The molecular formula is C17H41N4O4P. The van der Waals surface area contributed by atoms with Crippen molar-refractivity contribution in [2.75, 3.05) is 47.9 Å². The summed E-state index contributed by atoms with van der Waals surface area (Å²) in [5.41, 5.74) is 0. The third-order valence-electron chi connectivity index (χ3n) is 5.41. The molecule has 2 N–H and O–H groups in total. The van der Waals surface area contributed by atoms with Crippen molar-refractivity contribution in [1.29, 1.82) is 0 Å². The molecule has 158 valence electrons. The van der Waals surface area contributed by atoms with Gasteiger partial charge in [0.15, 0.2) is 0 Å². The number of hydrogen-bond acceptors (Lipinski definition) is 6. The first-order chi connectivity index (χ1) is 11.8. The second-order valence-electron chi connectivity index (χ2n) is 7.50. The minimum Gasteiger partial charge on any atom is -0.303 e. The Morgan fingerprint density at radius 3 is 1.31 bits per heavy atom. The molecule has 9 heteroatoms. The van der Waals surface area contributed by atoms with E-state index in [4.69, 9.17) is 9.79 Å². The van der Waals surface area contributed by atoms with E-state index in [1.807, 2.05) is 0 Å². The van der Waals surface area contributed by atoms with Crippen LogP contribution in [-0.2, 0) is 9.09 Å². The summed E-state index contributed by atoms with van der Waals surface area (Å²) < 4.78 is 13.9. The van der Waals surface area contributed by atoms with Crippen LogP contribution in [0.2, 0.25) is 0 Å². The molecule has 26 heavy (non-hydrogen) atoms. The Morgan fingerprint density at radius 1 is 0.885 bits per heavy atom. The van der Waals surface area contributed by atoms with E-state index < -0.39 is 7.82 Å². The lowest BCUT2D eigenvalue weighted by atomic mass is 10.3. The summed E-state index contributed by atoms with van der Waals surface area (Å²) in [5.74, 6) is 0. The SMILES string of the molecule is CC1CN(C)C(C)N1C.CC1CN(C)C(C)N1C.CCCOP(=O)(O)O. The molecule has 0 aromatic heterocycles. The molecule has 2 fully saturated rings. The van der Waals surface area contributed by atoms with Gasteiger partial charge in [-0.25, -0.2) is 4.57 Å². The number of phosphoric acid groups is 1. The lowest BCUT2D eigenvalue weighted by Gasteiger charge is -2.21. The Morgan fingerprint density at radius 2 is 1.23 bits per heavy atom. The summed E-state index contributed by atoms with van der Waals surface area (Å²) in [6, 6.07) is 1.45. The van der Waals surface area contributed by atoms with Crippen LogP contribution >= 0.6 is 7.82 Å². The molecular weight excluding hydrogens is 355 g/mol. The predicted molar refractivity (Wildman–Crippen MR) is 107 cm³/mol. The van der Waals surface area contributed by atoms with Gasteiger partial charge in [-0.3, -0.25) is 24.1 Å². The number of phosphoric ester groups is 1. The van der Waals surface area contributed by atoms with Gasteiger partial charge in [-0.1, -0.05) is 6.92 Å². The summed E-state index contributed by atoms with van der Waals surface area (Å²) in [7, 11) is 4.52. The Kier molecular flexibility index (Phi) is 11.7. The zero-order valence-corrected chi connectivity index (χ0v) is 19.0. The van der Waals surface area contributed by atoms with Crippen molar-refractivity contribution >= 4 is 7.82 Å². The molecule has 2 saturated heterocycles. The van der Waals surface area contributed by atoms with Gasteiger partial charge in [-0.2, -0.15) is 0 Å². The molecule has 2 aliphatic rings. The Balaban J connectivity index is 0.000000362. The molecule has 0 aliphatic carbocycles. The fraction of sp³-hybridized carbons (Fsp3) is 1.00. The molecule has 0 amide bonds. The molecule has 0 spiro atoms. The van der Waals surface area contributed by atoms with Crippen LogP contribution in [0.1, 0.15) is 41.0 Å². The van der Waals surface area contributed by atoms with E-state index >= 15 is 0 Å². The molecule has 0 aromatic carbocycles. The average Bonchev–Trinajstić information content (AvgIpc) is 2.90. The van der Waals surface area contributed by atoms with Crippen LogP contribution in [-0.4, -0.2) is 102 Å². The highest BCUT2D eigenvalue weighted by Crippen LogP contribution is 2.35. The second kappa shape index (κ2) is 11.7. The molecule has 2 heterocycles. The van der Waals surface area contributed by atoms with Crippen molar-refractivity contribution in [2.45, 2.75) is 65.5 Å². The fourth-order valence-electron chi connectivity index (χ4n) is 2.96. The van der Waals surface area contributed by atoms with Crippen molar-refractivity contribution in [1.82, 2.24) is 19.6 Å². The van der Waals surface area contributed by atoms with Crippen LogP contribution in [0.15, 0.2) is 0 Å². The number of rotatable bonds is 3. The Hall–Kier alpha value is -0.0500. The maximum Gasteiger partial charge on any atom is 0.469 e. The first kappa shape index (κ1) is 26.0. The summed E-state index contributed by atoms with van der Waals surface area (Å²) in [5, 5.41) is 0. The highest BCUT2D eigenvalue weighted by Gasteiger charge is 2.28. The van der Waals surface area contributed by atoms with Gasteiger partial charge >= 0.3 is 7.82 Å². The molecule has 4 unspecified atom stereocenters. The van der Waals surface area contributed by atoms with Crippen molar-refractivity contribution in [3.8, 4) is 0 Å². The summed E-state index contributed by atoms with van der Waals surface area (Å²) in [6.07, 6.45) is 1.87. The van der Waals surface area contributed by atoms with Crippen molar-refractivity contribution in [3.05, 3.63) is 0 Å². The number of likely N-dealkylation sites (N-methyl/N-ethyl adjacent to an activating group) is 4. The van der Waals surface area contributed by atoms with Crippen LogP contribution in [0, 0.1) is 0 Å². The van der Waals surface area contributed by atoms with E-state index in [2.05, 4.69) is 80.0 Å². The third kappa shape index (κ3) is 9.24. The first-order valence-electron chi connectivity index (χ1n) is 9.36. The molecule has 0 bridgehead atoms. The van der Waals surface area contributed by atoms with Crippen molar-refractivity contribution in [2.24, 2.45) is 0 Å². The monoisotopic (exact) mass is 396 g/mol. The van der Waals surface area contributed by atoms with E-state index in [9.17, 15) is 4.57 Å². The highest BCUT2D eigenvalue weighted by atomic mass is 31.2. The maximum absolute atomic E-state index is 9.86. The highest BCUT2D eigenvalue weighted by molar-refractivity contribution is 7.46. The van der Waals surface area contributed by atoms with E-state index in [1.165, 1.54) is 13.1 Å². The van der Waals surface area contributed by atoms with Crippen LogP contribution in [0.5, 0.6) is 0 Å². The molecule has 0 aromatic rings. The number of nitrogens with zero attached hydrogens (tertiary/aromatic N) is 4. The zero-order chi connectivity index (χ0) is 20.7. The Bertz CT molecular complexity index is 387. The molecule has 4 atom stereocenters. The molecule has 8 nitrogen and oxygen atoms in total. The summed E-state index contributed by atoms with van der Waals surface area (Å²) >= 11 is 0. The predicted octanol–water partition coefficient (Wildman–Crippen LogP) is 1.70. The van der Waals surface area contributed by atoms with Gasteiger partial charge in [0.05, 0.1) is 18.9 Å². The normalized spacial score (nSPS) is 31.3. The van der Waals surface area contributed by atoms with E-state index in [0.29, 0.717) is 18.8 Å². The van der Waals surface area contributed by atoms with Crippen molar-refractivity contribution < 1.29 is 18.9 Å². The molecule has 0 saturated carbocycles. The minimum atomic E-state index is -4.18. The third-order valence-corrected chi connectivity index (χ3v) is 5.93. The summed E-state index contributed by atoms with van der Waals surface area (Å²) in [6.45, 7) is 13.3. The van der Waals surface area contributed by atoms with Gasteiger partial charge in [0.1, 0.15) is 0 Å². The van der Waals surface area contributed by atoms with Gasteiger partial charge in [0, 0.05) is 25.2 Å². The van der Waals surface area contributed by atoms with Crippen LogP contribution in [0.3, 0.4) is 0 Å². The number of hydrogen-bond donors (Lipinski definition) is 2. The zero-order valence-electron chi connectivity index (χ0n) is 18.1. The first-order valence-corrected chi connectivity index (χ1v) is 10.9. The fourth-order valence-corrected chi connectivity index (χ4v) is 3.39. The topological polar surface area (TPSA) is 79.7 Å². The van der Waals surface area contributed by atoms with Crippen molar-refractivity contribution in [3.63, 3.8) is 0 Å². The quantitative estimate of drug-likeness (QED) is 0.698. The standard InChI is InChI=1S/2C7H16N2.C3H9O4P/c2*1-6-5-8(3)7(2)9(6)4;1-2-3-7-8(4,5)6/h2*6-7H,5H2,1-4H3;2-3H2,1H3,(H2,4,5,6). The Labute approximate surface area is 160 Å². The van der Waals surface area contributed by atoms with E-state index in [-0.39, 0.29) is 6.61 Å². The lowest BCUT2D eigenvalue weighted by molar-refractivity contribution is 0.192. The summed E-state index contributed by atoms with van der Waals surface area (Å²) in [4.78, 5) is 25.6.